The molecule has 0 aromatic heterocycles. The van der Waals surface area contributed by atoms with Gasteiger partial charge in [-0.25, -0.2) is 22.3 Å². The lowest BCUT2D eigenvalue weighted by Gasteiger charge is -2.22. The van der Waals surface area contributed by atoms with Crippen LogP contribution in [0.4, 0.5) is 14.9 Å². The van der Waals surface area contributed by atoms with Gasteiger partial charge in [0, 0.05) is 31.7 Å². The largest absolute Gasteiger partial charge is 0.367 e. The number of anilines is 1. The van der Waals surface area contributed by atoms with Crippen LogP contribution in [0.3, 0.4) is 0 Å². The summed E-state index contributed by atoms with van der Waals surface area (Å²) in [5, 5.41) is 5.44. The first-order chi connectivity index (χ1) is 13.4. The van der Waals surface area contributed by atoms with Crippen molar-refractivity contribution in [3.05, 3.63) is 30.1 Å². The standard InChI is InChI=1S/C19H29FN4O3S/c20-17-8-4-5-9-18(17)24-12-10-16(14-24)22-19(25)21-11-13-28(26,27)23-15-6-2-1-3-7-15/h4-5,8-9,15-16,23H,1-3,6-7,10-14H2,(H2,21,22,25). The van der Waals surface area contributed by atoms with Gasteiger partial charge < -0.3 is 15.5 Å². The van der Waals surface area contributed by atoms with Crippen molar-refractivity contribution in [3.8, 4) is 0 Å². The van der Waals surface area contributed by atoms with Crippen LogP contribution >= 0.6 is 0 Å². The fourth-order valence-corrected chi connectivity index (χ4v) is 5.11. The summed E-state index contributed by atoms with van der Waals surface area (Å²) in [6.45, 7) is 1.24. The number of nitrogens with one attached hydrogen (secondary N) is 3. The summed E-state index contributed by atoms with van der Waals surface area (Å²) in [6, 6.07) is 6.11. The van der Waals surface area contributed by atoms with Crippen molar-refractivity contribution in [2.45, 2.75) is 50.6 Å². The number of rotatable bonds is 7. The molecular weight excluding hydrogens is 383 g/mol. The number of carbonyl (C=O) groups is 1. The normalized spacial score (nSPS) is 20.9. The second kappa shape index (κ2) is 9.56. The Bertz CT molecular complexity index is 768. The van der Waals surface area contributed by atoms with Crippen LogP contribution < -0.4 is 20.3 Å². The fraction of sp³-hybridized carbons (Fsp3) is 0.632. The van der Waals surface area contributed by atoms with Gasteiger partial charge in [0.05, 0.1) is 11.4 Å². The summed E-state index contributed by atoms with van der Waals surface area (Å²) >= 11 is 0. The van der Waals surface area contributed by atoms with Gasteiger partial charge in [-0.2, -0.15) is 0 Å². The first kappa shape index (κ1) is 20.9. The number of sulfonamides is 1. The molecule has 1 aromatic carbocycles. The van der Waals surface area contributed by atoms with Crippen molar-refractivity contribution in [2.75, 3.05) is 30.3 Å². The van der Waals surface area contributed by atoms with E-state index in [1.807, 2.05) is 4.90 Å². The van der Waals surface area contributed by atoms with Crippen LogP contribution in [0.2, 0.25) is 0 Å². The number of urea groups is 1. The zero-order valence-electron chi connectivity index (χ0n) is 16.0. The molecule has 1 unspecified atom stereocenters. The van der Waals surface area contributed by atoms with Crippen LogP contribution in [0.15, 0.2) is 24.3 Å². The first-order valence-electron chi connectivity index (χ1n) is 9.97. The molecule has 1 atom stereocenters. The third-order valence-corrected chi connectivity index (χ3v) is 6.76. The number of hydrogen-bond acceptors (Lipinski definition) is 4. The highest BCUT2D eigenvalue weighted by molar-refractivity contribution is 7.89. The Labute approximate surface area is 166 Å². The summed E-state index contributed by atoms with van der Waals surface area (Å²) in [5.74, 6) is -0.411. The van der Waals surface area contributed by atoms with Crippen LogP contribution in [0.25, 0.3) is 0 Å². The van der Waals surface area contributed by atoms with Gasteiger partial charge in [-0.15, -0.1) is 0 Å². The summed E-state index contributed by atoms with van der Waals surface area (Å²) in [5.41, 5.74) is 0.534. The number of carbonyl (C=O) groups excluding carboxylic acids is 1. The number of hydrogen-bond donors (Lipinski definition) is 3. The lowest BCUT2D eigenvalue weighted by Crippen LogP contribution is -2.46. The van der Waals surface area contributed by atoms with Crippen molar-refractivity contribution in [2.24, 2.45) is 0 Å². The van der Waals surface area contributed by atoms with E-state index in [2.05, 4.69) is 15.4 Å². The van der Waals surface area contributed by atoms with Gasteiger partial charge in [-0.3, -0.25) is 0 Å². The molecule has 3 rings (SSSR count). The van der Waals surface area contributed by atoms with Crippen LogP contribution in [0.1, 0.15) is 38.5 Å². The van der Waals surface area contributed by atoms with Crippen LogP contribution in [-0.4, -0.2) is 51.9 Å². The highest BCUT2D eigenvalue weighted by atomic mass is 32.2. The predicted octanol–water partition coefficient (Wildman–Crippen LogP) is 1.96. The number of benzene rings is 1. The Morgan fingerprint density at radius 1 is 1.11 bits per heavy atom. The molecule has 0 spiro atoms. The number of nitrogens with zero attached hydrogens (tertiary/aromatic N) is 1. The summed E-state index contributed by atoms with van der Waals surface area (Å²) in [7, 11) is -3.40. The van der Waals surface area contributed by atoms with Gasteiger partial charge >= 0.3 is 6.03 Å². The van der Waals surface area contributed by atoms with E-state index in [9.17, 15) is 17.6 Å². The Hall–Kier alpha value is -1.87. The summed E-state index contributed by atoms with van der Waals surface area (Å²) in [4.78, 5) is 14.0. The quantitative estimate of drug-likeness (QED) is 0.639. The van der Waals surface area contributed by atoms with E-state index < -0.39 is 16.1 Å². The molecule has 1 aromatic rings. The van der Waals surface area contributed by atoms with Crippen molar-refractivity contribution in [1.82, 2.24) is 15.4 Å². The molecule has 1 aliphatic heterocycles. The zero-order valence-corrected chi connectivity index (χ0v) is 16.8. The Morgan fingerprint density at radius 3 is 2.61 bits per heavy atom. The molecule has 2 fully saturated rings. The van der Waals surface area contributed by atoms with Crippen molar-refractivity contribution < 1.29 is 17.6 Å². The van der Waals surface area contributed by atoms with Crippen molar-refractivity contribution in [3.63, 3.8) is 0 Å². The average Bonchev–Trinajstić information content (AvgIpc) is 3.10. The molecular formula is C19H29FN4O3S. The van der Waals surface area contributed by atoms with Crippen molar-refractivity contribution >= 4 is 21.7 Å². The zero-order chi connectivity index (χ0) is 20.0. The molecule has 156 valence electrons. The van der Waals surface area contributed by atoms with E-state index >= 15 is 0 Å². The second-order valence-electron chi connectivity index (χ2n) is 7.55. The van der Waals surface area contributed by atoms with Crippen LogP contribution in [0.5, 0.6) is 0 Å². The summed E-state index contributed by atoms with van der Waals surface area (Å²) < 4.78 is 40.9. The molecule has 1 saturated heterocycles. The molecule has 9 heteroatoms. The molecule has 1 saturated carbocycles. The molecule has 2 aliphatic rings. The maximum absolute atomic E-state index is 13.9. The van der Waals surface area contributed by atoms with Gasteiger partial charge in [0.1, 0.15) is 5.82 Å². The second-order valence-corrected chi connectivity index (χ2v) is 9.43. The number of halogens is 1. The first-order valence-corrected chi connectivity index (χ1v) is 11.6. The number of amides is 2. The third-order valence-electron chi connectivity index (χ3n) is 5.32. The van der Waals surface area contributed by atoms with Gasteiger partial charge in [0.15, 0.2) is 0 Å². The highest BCUT2D eigenvalue weighted by Crippen LogP contribution is 2.23. The maximum Gasteiger partial charge on any atom is 0.315 e. The summed E-state index contributed by atoms with van der Waals surface area (Å²) in [6.07, 6.45) is 5.75. The Kier molecular flexibility index (Phi) is 7.12. The minimum Gasteiger partial charge on any atom is -0.367 e. The Balaban J connectivity index is 1.37. The van der Waals surface area contributed by atoms with E-state index in [4.69, 9.17) is 0 Å². The van der Waals surface area contributed by atoms with Gasteiger partial charge in [0.25, 0.3) is 0 Å². The minimum absolute atomic E-state index is 0.0235. The Morgan fingerprint density at radius 2 is 1.86 bits per heavy atom. The van der Waals surface area contributed by atoms with Gasteiger partial charge in [-0.1, -0.05) is 31.4 Å². The van der Waals surface area contributed by atoms with Crippen LogP contribution in [0, 0.1) is 5.82 Å². The lowest BCUT2D eigenvalue weighted by atomic mass is 9.96. The smallest absolute Gasteiger partial charge is 0.315 e. The van der Waals surface area contributed by atoms with E-state index in [1.165, 1.54) is 6.07 Å². The molecule has 3 N–H and O–H groups in total. The molecule has 1 heterocycles. The molecule has 7 nitrogen and oxygen atoms in total. The molecule has 1 aliphatic carbocycles. The molecule has 0 radical (unpaired) electrons. The van der Waals surface area contributed by atoms with Crippen molar-refractivity contribution in [1.29, 1.82) is 0 Å². The molecule has 2 amide bonds. The molecule has 28 heavy (non-hydrogen) atoms. The fourth-order valence-electron chi connectivity index (χ4n) is 3.87. The lowest BCUT2D eigenvalue weighted by molar-refractivity contribution is 0.238. The molecule has 0 bridgehead atoms. The van der Waals surface area contributed by atoms with E-state index in [1.54, 1.807) is 18.2 Å². The maximum atomic E-state index is 13.9. The van der Waals surface area contributed by atoms with E-state index in [-0.39, 0.29) is 30.2 Å². The van der Waals surface area contributed by atoms with Crippen LogP contribution in [-0.2, 0) is 10.0 Å². The third kappa shape index (κ3) is 6.07. The topological polar surface area (TPSA) is 90.5 Å². The minimum atomic E-state index is -3.40. The SMILES string of the molecule is O=C(NCCS(=O)(=O)NC1CCCCC1)NC1CCN(c2ccccc2F)C1. The number of para-hydroxylation sites is 1. The van der Waals surface area contributed by atoms with E-state index in [0.29, 0.717) is 25.2 Å². The predicted molar refractivity (Wildman–Crippen MR) is 107 cm³/mol. The van der Waals surface area contributed by atoms with Gasteiger partial charge in [-0.05, 0) is 31.4 Å². The highest BCUT2D eigenvalue weighted by Gasteiger charge is 2.26. The van der Waals surface area contributed by atoms with E-state index in [0.717, 1.165) is 32.1 Å². The van der Waals surface area contributed by atoms with Gasteiger partial charge in [0.2, 0.25) is 10.0 Å². The monoisotopic (exact) mass is 412 g/mol. The average molecular weight is 413 g/mol.